The Morgan fingerprint density at radius 3 is 2.81 bits per heavy atom. The van der Waals surface area contributed by atoms with Gasteiger partial charge in [-0.05, 0) is 64.0 Å². The van der Waals surface area contributed by atoms with E-state index in [2.05, 4.69) is 24.1 Å². The highest BCUT2D eigenvalue weighted by atomic mass is 19.1. The fourth-order valence-electron chi connectivity index (χ4n) is 2.75. The van der Waals surface area contributed by atoms with Crippen LogP contribution in [-0.4, -0.2) is 37.7 Å². The van der Waals surface area contributed by atoms with Gasteiger partial charge >= 0.3 is 0 Å². The maximum atomic E-state index is 13.5. The summed E-state index contributed by atoms with van der Waals surface area (Å²) in [6, 6.07) is 4.90. The lowest BCUT2D eigenvalue weighted by Gasteiger charge is -2.20. The molecular weight excluding hydrogens is 267 g/mol. The van der Waals surface area contributed by atoms with Crippen LogP contribution < -0.4 is 10.1 Å². The van der Waals surface area contributed by atoms with Gasteiger partial charge in [0.2, 0.25) is 0 Å². The molecule has 2 rings (SSSR count). The molecule has 1 N–H and O–H groups in total. The minimum absolute atomic E-state index is 0.0995. The highest BCUT2D eigenvalue weighted by Gasteiger charge is 2.14. The van der Waals surface area contributed by atoms with Crippen molar-refractivity contribution in [1.29, 1.82) is 0 Å². The maximum Gasteiger partial charge on any atom is 0.124 e. The van der Waals surface area contributed by atoms with Gasteiger partial charge in [-0.3, -0.25) is 4.90 Å². The summed E-state index contributed by atoms with van der Waals surface area (Å²) in [5.41, 5.74) is 0.907. The summed E-state index contributed by atoms with van der Waals surface area (Å²) in [6.45, 7) is 9.07. The SMILES string of the molecule is CCCNC(C)c1cc(F)ccc1OCCN1CCCC1. The van der Waals surface area contributed by atoms with Crippen LogP contribution >= 0.6 is 0 Å². The molecule has 1 aromatic carbocycles. The molecule has 1 heterocycles. The molecule has 1 saturated heterocycles. The lowest BCUT2D eigenvalue weighted by molar-refractivity contribution is 0.235. The fraction of sp³-hybridized carbons (Fsp3) is 0.647. The number of hydrogen-bond acceptors (Lipinski definition) is 3. The standard InChI is InChI=1S/C17H27FN2O/c1-3-8-19-14(2)16-13-15(18)6-7-17(16)21-12-11-20-9-4-5-10-20/h6-7,13-14,19H,3-5,8-12H2,1-2H3. The van der Waals surface area contributed by atoms with Crippen LogP contribution in [0.25, 0.3) is 0 Å². The van der Waals surface area contributed by atoms with E-state index in [1.165, 1.54) is 32.0 Å². The lowest BCUT2D eigenvalue weighted by atomic mass is 10.1. The lowest BCUT2D eigenvalue weighted by Crippen LogP contribution is -2.25. The number of rotatable bonds is 8. The van der Waals surface area contributed by atoms with Crippen molar-refractivity contribution in [2.45, 2.75) is 39.2 Å². The normalized spacial score (nSPS) is 17.1. The third kappa shape index (κ3) is 4.97. The molecule has 3 nitrogen and oxygen atoms in total. The number of benzene rings is 1. The van der Waals surface area contributed by atoms with E-state index >= 15 is 0 Å². The van der Waals surface area contributed by atoms with Crippen LogP contribution in [0.5, 0.6) is 5.75 Å². The van der Waals surface area contributed by atoms with Crippen LogP contribution in [0.3, 0.4) is 0 Å². The minimum atomic E-state index is -0.206. The van der Waals surface area contributed by atoms with Crippen LogP contribution in [-0.2, 0) is 0 Å². The molecule has 4 heteroatoms. The molecule has 0 bridgehead atoms. The summed E-state index contributed by atoms with van der Waals surface area (Å²) in [5, 5.41) is 3.39. The van der Waals surface area contributed by atoms with Crippen LogP contribution in [0.2, 0.25) is 0 Å². The van der Waals surface area contributed by atoms with Gasteiger partial charge in [-0.1, -0.05) is 6.92 Å². The van der Waals surface area contributed by atoms with Crippen molar-refractivity contribution < 1.29 is 9.13 Å². The molecule has 1 aliphatic heterocycles. The van der Waals surface area contributed by atoms with Crippen LogP contribution in [0.4, 0.5) is 4.39 Å². The van der Waals surface area contributed by atoms with E-state index < -0.39 is 0 Å². The van der Waals surface area contributed by atoms with Crippen molar-refractivity contribution in [2.75, 3.05) is 32.8 Å². The van der Waals surface area contributed by atoms with Crippen molar-refractivity contribution >= 4 is 0 Å². The summed E-state index contributed by atoms with van der Waals surface area (Å²) in [4.78, 5) is 2.42. The van der Waals surface area contributed by atoms with E-state index in [1.54, 1.807) is 12.1 Å². The second-order valence-electron chi connectivity index (χ2n) is 5.76. The molecule has 1 aliphatic rings. The molecule has 0 radical (unpaired) electrons. The number of likely N-dealkylation sites (tertiary alicyclic amines) is 1. The Hall–Kier alpha value is -1.13. The predicted octanol–water partition coefficient (Wildman–Crippen LogP) is 3.36. The summed E-state index contributed by atoms with van der Waals surface area (Å²) in [5.74, 6) is 0.591. The number of halogens is 1. The fourth-order valence-corrected chi connectivity index (χ4v) is 2.75. The van der Waals surface area contributed by atoms with Crippen LogP contribution in [0, 0.1) is 5.82 Å². The van der Waals surface area contributed by atoms with E-state index in [0.717, 1.165) is 30.8 Å². The van der Waals surface area contributed by atoms with Crippen molar-refractivity contribution in [1.82, 2.24) is 10.2 Å². The van der Waals surface area contributed by atoms with Gasteiger partial charge in [-0.15, -0.1) is 0 Å². The molecule has 1 aromatic rings. The zero-order valence-corrected chi connectivity index (χ0v) is 13.2. The largest absolute Gasteiger partial charge is 0.492 e. The highest BCUT2D eigenvalue weighted by Crippen LogP contribution is 2.26. The van der Waals surface area contributed by atoms with Gasteiger partial charge in [0.15, 0.2) is 0 Å². The Bertz CT molecular complexity index is 433. The second kappa shape index (κ2) is 8.35. The first kappa shape index (κ1) is 16.2. The van der Waals surface area contributed by atoms with Gasteiger partial charge in [-0.25, -0.2) is 4.39 Å². The van der Waals surface area contributed by atoms with Gasteiger partial charge in [0.05, 0.1) is 0 Å². The number of nitrogens with one attached hydrogen (secondary N) is 1. The average molecular weight is 294 g/mol. The highest BCUT2D eigenvalue weighted by molar-refractivity contribution is 5.36. The molecule has 1 fully saturated rings. The maximum absolute atomic E-state index is 13.5. The molecular formula is C17H27FN2O. The summed E-state index contributed by atoms with van der Waals surface area (Å²) in [7, 11) is 0. The summed E-state index contributed by atoms with van der Waals surface area (Å²) in [6.07, 6.45) is 3.64. The topological polar surface area (TPSA) is 24.5 Å². The van der Waals surface area contributed by atoms with Gasteiger partial charge < -0.3 is 10.1 Å². The Balaban J connectivity index is 1.93. The Morgan fingerprint density at radius 2 is 2.10 bits per heavy atom. The molecule has 21 heavy (non-hydrogen) atoms. The molecule has 0 aliphatic carbocycles. The Kier molecular flexibility index (Phi) is 6.46. The Labute approximate surface area is 127 Å². The monoisotopic (exact) mass is 294 g/mol. The molecule has 0 spiro atoms. The van der Waals surface area contributed by atoms with Crippen LogP contribution in [0.1, 0.15) is 44.7 Å². The smallest absolute Gasteiger partial charge is 0.124 e. The number of hydrogen-bond donors (Lipinski definition) is 1. The number of nitrogens with zero attached hydrogens (tertiary/aromatic N) is 1. The quantitative estimate of drug-likeness (QED) is 0.795. The molecule has 118 valence electrons. The third-order valence-corrected chi connectivity index (χ3v) is 4.00. The van der Waals surface area contributed by atoms with E-state index in [-0.39, 0.29) is 11.9 Å². The van der Waals surface area contributed by atoms with Crippen molar-refractivity contribution in [3.63, 3.8) is 0 Å². The Morgan fingerprint density at radius 1 is 1.33 bits per heavy atom. The van der Waals surface area contributed by atoms with Crippen molar-refractivity contribution in [3.8, 4) is 5.75 Å². The molecule has 1 unspecified atom stereocenters. The summed E-state index contributed by atoms with van der Waals surface area (Å²) < 4.78 is 19.4. The first-order valence-corrected chi connectivity index (χ1v) is 8.08. The van der Waals surface area contributed by atoms with Crippen LogP contribution in [0.15, 0.2) is 18.2 Å². The predicted molar refractivity (Wildman–Crippen MR) is 84.3 cm³/mol. The van der Waals surface area contributed by atoms with E-state index in [9.17, 15) is 4.39 Å². The van der Waals surface area contributed by atoms with Gasteiger partial charge in [0, 0.05) is 18.2 Å². The van der Waals surface area contributed by atoms with Gasteiger partial charge in [0.1, 0.15) is 18.2 Å². The number of ether oxygens (including phenoxy) is 1. The average Bonchev–Trinajstić information content (AvgIpc) is 2.99. The molecule has 0 aromatic heterocycles. The first-order valence-electron chi connectivity index (χ1n) is 8.08. The van der Waals surface area contributed by atoms with Gasteiger partial charge in [0.25, 0.3) is 0 Å². The second-order valence-corrected chi connectivity index (χ2v) is 5.76. The van der Waals surface area contributed by atoms with E-state index in [0.29, 0.717) is 6.61 Å². The zero-order valence-electron chi connectivity index (χ0n) is 13.2. The molecule has 1 atom stereocenters. The zero-order chi connectivity index (χ0) is 15.1. The summed E-state index contributed by atoms with van der Waals surface area (Å²) >= 11 is 0. The van der Waals surface area contributed by atoms with E-state index in [1.807, 2.05) is 0 Å². The minimum Gasteiger partial charge on any atom is -0.492 e. The first-order chi connectivity index (χ1) is 10.2. The van der Waals surface area contributed by atoms with Gasteiger partial charge in [-0.2, -0.15) is 0 Å². The van der Waals surface area contributed by atoms with Crippen molar-refractivity contribution in [2.24, 2.45) is 0 Å². The van der Waals surface area contributed by atoms with Crippen molar-refractivity contribution in [3.05, 3.63) is 29.6 Å². The molecule has 0 saturated carbocycles. The third-order valence-electron chi connectivity index (χ3n) is 4.00. The van der Waals surface area contributed by atoms with E-state index in [4.69, 9.17) is 4.74 Å². The molecule has 0 amide bonds.